The Kier molecular flexibility index (Phi) is 14.8. The van der Waals surface area contributed by atoms with Gasteiger partial charge in [0.15, 0.2) is 6.23 Å². The van der Waals surface area contributed by atoms with Crippen LogP contribution in [-0.2, 0) is 14.3 Å². The van der Waals surface area contributed by atoms with Gasteiger partial charge in [-0.25, -0.2) is 14.4 Å². The van der Waals surface area contributed by atoms with Gasteiger partial charge in [-0.1, -0.05) is 43.3 Å². The fourth-order valence-corrected chi connectivity index (χ4v) is 3.37. The first-order chi connectivity index (χ1) is 22.6. The molecule has 0 fully saturated rings. The van der Waals surface area contributed by atoms with Gasteiger partial charge in [-0.2, -0.15) is 26.3 Å². The number of methoxy groups -OCH3 is 1. The second-order valence-corrected chi connectivity index (χ2v) is 9.45. The number of alkyl halides is 6. The first kappa shape index (κ1) is 40.9. The van der Waals surface area contributed by atoms with Crippen LogP contribution in [0.5, 0.6) is 5.75 Å². The molecule has 1 amide bonds. The van der Waals surface area contributed by atoms with Crippen LogP contribution >= 0.6 is 0 Å². The lowest BCUT2D eigenvalue weighted by Gasteiger charge is -2.27. The second kappa shape index (κ2) is 17.7. The monoisotopic (exact) mass is 701 g/mol. The summed E-state index contributed by atoms with van der Waals surface area (Å²) < 4.78 is 74.4. The molecule has 2 atom stereocenters. The van der Waals surface area contributed by atoms with Crippen LogP contribution in [0.3, 0.4) is 0 Å². The largest absolute Gasteiger partial charge is 0.490 e. The molecule has 264 valence electrons. The van der Waals surface area contributed by atoms with Gasteiger partial charge in [0.05, 0.1) is 12.7 Å². The molecule has 13 nitrogen and oxygen atoms in total. The number of hydrogen-bond acceptors (Lipinski definition) is 8. The number of ether oxygens (including phenoxy) is 2. The normalized spacial score (nSPS) is 11.9. The predicted octanol–water partition coefficient (Wildman–Crippen LogP) is 4.25. The Hall–Kier alpha value is -6.14. The molecule has 0 saturated heterocycles. The van der Waals surface area contributed by atoms with Gasteiger partial charge in [-0.05, 0) is 42.0 Å². The molecule has 0 aliphatic heterocycles. The van der Waals surface area contributed by atoms with Crippen molar-refractivity contribution in [1.82, 2.24) is 5.32 Å². The first-order valence-corrected chi connectivity index (χ1v) is 13.2. The highest BCUT2D eigenvalue weighted by Crippen LogP contribution is 2.25. The summed E-state index contributed by atoms with van der Waals surface area (Å²) in [6.45, 7) is 1.88. The number of amides is 1. The zero-order chi connectivity index (χ0) is 37.7. The van der Waals surface area contributed by atoms with E-state index >= 15 is 0 Å². The Morgan fingerprint density at radius 3 is 1.57 bits per heavy atom. The van der Waals surface area contributed by atoms with E-state index in [1.165, 1.54) is 7.11 Å². The molecular weight excluding hydrogens is 672 g/mol. The van der Waals surface area contributed by atoms with E-state index in [4.69, 9.17) is 51.6 Å². The van der Waals surface area contributed by atoms with Crippen LogP contribution in [0.4, 0.5) is 26.3 Å². The summed E-state index contributed by atoms with van der Waals surface area (Å²) >= 11 is 0. The van der Waals surface area contributed by atoms with Crippen LogP contribution in [-0.4, -0.2) is 71.4 Å². The maximum absolute atomic E-state index is 13.0. The Morgan fingerprint density at radius 2 is 1.16 bits per heavy atom. The smallest absolute Gasteiger partial charge is 0.475 e. The lowest BCUT2D eigenvalue weighted by molar-refractivity contribution is -0.193. The summed E-state index contributed by atoms with van der Waals surface area (Å²) in [5.41, 5.74) is 13.7. The van der Waals surface area contributed by atoms with E-state index in [2.05, 4.69) is 5.32 Å². The quantitative estimate of drug-likeness (QED) is 0.0550. The minimum absolute atomic E-state index is 0.0902. The molecule has 3 rings (SSSR count). The van der Waals surface area contributed by atoms with Crippen molar-refractivity contribution in [2.75, 3.05) is 7.11 Å². The Morgan fingerprint density at radius 1 is 0.735 bits per heavy atom. The maximum Gasteiger partial charge on any atom is 0.490 e. The molecule has 0 spiro atoms. The minimum Gasteiger partial charge on any atom is -0.475 e. The number of amidine groups is 2. The summed E-state index contributed by atoms with van der Waals surface area (Å²) in [7, 11) is 1.32. The molecule has 9 N–H and O–H groups in total. The molecule has 3 aromatic carbocycles. The molecular formula is C30H29F6N5O8. The highest BCUT2D eigenvalue weighted by atomic mass is 19.4. The minimum atomic E-state index is -5.08. The highest BCUT2D eigenvalue weighted by Gasteiger charge is 2.39. The first-order valence-electron chi connectivity index (χ1n) is 13.2. The zero-order valence-corrected chi connectivity index (χ0v) is 25.3. The molecule has 0 aromatic heterocycles. The number of benzene rings is 3. The molecule has 0 bridgehead atoms. The third kappa shape index (κ3) is 13.6. The standard InChI is InChI=1S/C26H27N5O4.2C2HF3O2/c1-15(16-6-12-19(13-7-16)26(33)34-2)25(35-21-5-3-4-20(14-21)23(29)30)31-24(32)18-10-8-17(9-11-18)22(27)28;2*3-2(4,5)1(6)7/h3-15,25H,1-2H3,(H3,27,28)(H3,29,30)(H,31,32);2*(H,6,7)/t15-,25?;;/m1../s1. The van der Waals surface area contributed by atoms with Gasteiger partial charge < -0.3 is 36.5 Å². The molecule has 1 unspecified atom stereocenters. The summed E-state index contributed by atoms with van der Waals surface area (Å²) in [6, 6.07) is 19.9. The van der Waals surface area contributed by atoms with Crippen molar-refractivity contribution in [3.05, 3.63) is 101 Å². The number of carboxylic acids is 2. The number of nitrogen functional groups attached to an aromatic ring is 2. The molecule has 49 heavy (non-hydrogen) atoms. The fraction of sp³-hybridized carbons (Fsp3) is 0.200. The average Bonchev–Trinajstić information content (AvgIpc) is 3.03. The van der Waals surface area contributed by atoms with Crippen molar-refractivity contribution < 1.29 is 65.2 Å². The number of esters is 1. The Bertz CT molecular complexity index is 1620. The van der Waals surface area contributed by atoms with Crippen molar-refractivity contribution in [3.8, 4) is 5.75 Å². The number of rotatable bonds is 9. The van der Waals surface area contributed by atoms with E-state index in [1.807, 2.05) is 6.92 Å². The molecule has 0 saturated carbocycles. The topological polar surface area (TPSA) is 239 Å². The van der Waals surface area contributed by atoms with Crippen molar-refractivity contribution in [2.24, 2.45) is 11.5 Å². The number of carbonyl (C=O) groups is 4. The third-order valence-corrected chi connectivity index (χ3v) is 5.94. The zero-order valence-electron chi connectivity index (χ0n) is 25.3. The predicted molar refractivity (Wildman–Crippen MR) is 160 cm³/mol. The number of nitrogens with one attached hydrogen (secondary N) is 3. The van der Waals surface area contributed by atoms with Crippen LogP contribution in [0.25, 0.3) is 0 Å². The van der Waals surface area contributed by atoms with Gasteiger partial charge in [0.1, 0.15) is 17.4 Å². The lowest BCUT2D eigenvalue weighted by Crippen LogP contribution is -2.42. The summed E-state index contributed by atoms with van der Waals surface area (Å²) in [6.07, 6.45) is -11.0. The number of nitrogens with two attached hydrogens (primary N) is 2. The summed E-state index contributed by atoms with van der Waals surface area (Å²) in [4.78, 5) is 42.6. The van der Waals surface area contributed by atoms with E-state index in [1.54, 1.807) is 72.8 Å². The third-order valence-electron chi connectivity index (χ3n) is 5.94. The second-order valence-electron chi connectivity index (χ2n) is 9.45. The number of aliphatic carboxylic acids is 2. The number of carbonyl (C=O) groups excluding carboxylic acids is 2. The lowest BCUT2D eigenvalue weighted by atomic mass is 9.97. The number of hydrogen-bond donors (Lipinski definition) is 7. The van der Waals surface area contributed by atoms with Crippen molar-refractivity contribution in [2.45, 2.75) is 31.4 Å². The van der Waals surface area contributed by atoms with Gasteiger partial charge in [0, 0.05) is 22.6 Å². The molecule has 0 radical (unpaired) electrons. The fourth-order valence-electron chi connectivity index (χ4n) is 3.37. The van der Waals surface area contributed by atoms with Crippen LogP contribution in [0.2, 0.25) is 0 Å². The van der Waals surface area contributed by atoms with Crippen LogP contribution in [0, 0.1) is 10.8 Å². The van der Waals surface area contributed by atoms with Gasteiger partial charge in [0.2, 0.25) is 0 Å². The molecule has 19 heteroatoms. The Balaban J connectivity index is 0.000000717. The average molecular weight is 702 g/mol. The van der Waals surface area contributed by atoms with E-state index in [9.17, 15) is 35.9 Å². The van der Waals surface area contributed by atoms with E-state index < -0.39 is 36.5 Å². The van der Waals surface area contributed by atoms with E-state index in [-0.39, 0.29) is 23.5 Å². The van der Waals surface area contributed by atoms with E-state index in [0.29, 0.717) is 28.0 Å². The van der Waals surface area contributed by atoms with Crippen LogP contribution < -0.4 is 21.5 Å². The van der Waals surface area contributed by atoms with E-state index in [0.717, 1.165) is 5.56 Å². The van der Waals surface area contributed by atoms with Gasteiger partial charge in [-0.15, -0.1) is 0 Å². The van der Waals surface area contributed by atoms with Gasteiger partial charge in [-0.3, -0.25) is 15.6 Å². The summed E-state index contributed by atoms with van der Waals surface area (Å²) in [5.74, 6) is -6.44. The molecule has 0 heterocycles. The highest BCUT2D eigenvalue weighted by molar-refractivity contribution is 5.98. The Labute approximate surface area is 273 Å². The molecule has 0 aliphatic rings. The van der Waals surface area contributed by atoms with Crippen molar-refractivity contribution >= 4 is 35.5 Å². The van der Waals surface area contributed by atoms with Crippen LogP contribution in [0.1, 0.15) is 50.2 Å². The van der Waals surface area contributed by atoms with Crippen molar-refractivity contribution in [3.63, 3.8) is 0 Å². The summed E-state index contributed by atoms with van der Waals surface area (Å²) in [5, 5.41) is 32.3. The van der Waals surface area contributed by atoms with Crippen LogP contribution in [0.15, 0.2) is 72.8 Å². The van der Waals surface area contributed by atoms with Gasteiger partial charge in [0.25, 0.3) is 5.91 Å². The molecule has 0 aliphatic carbocycles. The van der Waals surface area contributed by atoms with Crippen molar-refractivity contribution in [1.29, 1.82) is 10.8 Å². The maximum atomic E-state index is 13.0. The van der Waals surface area contributed by atoms with Gasteiger partial charge >= 0.3 is 30.3 Å². The number of halogens is 6. The SMILES string of the molecule is COC(=O)c1ccc([C@@H](C)C(NC(=O)c2ccc(C(=N)N)cc2)Oc2cccc(C(=N)N)c2)cc1.O=C(O)C(F)(F)F.O=C(O)C(F)(F)F. The molecule has 3 aromatic rings. The number of carboxylic acid groups (broad SMARTS) is 2.